The Kier molecular flexibility index (Phi) is 2.72. The molecule has 0 amide bonds. The van der Waals surface area contributed by atoms with E-state index in [1.165, 1.54) is 6.42 Å². The van der Waals surface area contributed by atoms with Crippen molar-refractivity contribution >= 4 is 16.1 Å². The topological polar surface area (TPSA) is 32.3 Å². The number of rotatable bonds is 1. The van der Waals surface area contributed by atoms with Crippen LogP contribution in [0, 0.1) is 0 Å². The first-order chi connectivity index (χ1) is 4.67. The van der Waals surface area contributed by atoms with E-state index in [9.17, 15) is 5.11 Å². The average Bonchev–Trinajstić information content (AvgIpc) is 1.87. The quantitative estimate of drug-likeness (QED) is 0.641. The SMILES string of the molecule is C[C@]1(O)CCCC[C@@H]1NBr. The van der Waals surface area contributed by atoms with Crippen LogP contribution >= 0.6 is 16.1 Å². The fourth-order valence-electron chi connectivity index (χ4n) is 1.49. The van der Waals surface area contributed by atoms with Crippen molar-refractivity contribution in [2.45, 2.75) is 44.2 Å². The molecule has 2 N–H and O–H groups in total. The van der Waals surface area contributed by atoms with Gasteiger partial charge < -0.3 is 5.11 Å². The van der Waals surface area contributed by atoms with Crippen LogP contribution in [0.4, 0.5) is 0 Å². The molecule has 0 unspecified atom stereocenters. The van der Waals surface area contributed by atoms with E-state index in [1.807, 2.05) is 6.92 Å². The van der Waals surface area contributed by atoms with Crippen LogP contribution in [0.1, 0.15) is 32.6 Å². The molecule has 0 aromatic rings. The third-order valence-electron chi connectivity index (χ3n) is 2.31. The zero-order valence-corrected chi connectivity index (χ0v) is 7.82. The van der Waals surface area contributed by atoms with Crippen molar-refractivity contribution in [1.29, 1.82) is 0 Å². The third kappa shape index (κ3) is 1.71. The molecule has 0 spiro atoms. The summed E-state index contributed by atoms with van der Waals surface area (Å²) in [5, 5.41) is 9.74. The van der Waals surface area contributed by atoms with Crippen LogP contribution in [-0.4, -0.2) is 16.7 Å². The van der Waals surface area contributed by atoms with Crippen molar-refractivity contribution in [3.8, 4) is 0 Å². The molecule has 0 bridgehead atoms. The van der Waals surface area contributed by atoms with Crippen molar-refractivity contribution in [2.75, 3.05) is 0 Å². The molecule has 0 aromatic carbocycles. The summed E-state index contributed by atoms with van der Waals surface area (Å²) in [6, 6.07) is 0.223. The molecule has 1 rings (SSSR count). The van der Waals surface area contributed by atoms with Crippen molar-refractivity contribution in [1.82, 2.24) is 4.34 Å². The Labute approximate surface area is 70.3 Å². The number of hydrogen-bond acceptors (Lipinski definition) is 2. The molecule has 3 heteroatoms. The summed E-state index contributed by atoms with van der Waals surface area (Å²) in [5.41, 5.74) is -0.512. The molecular formula is C7H14BrNO. The lowest BCUT2D eigenvalue weighted by atomic mass is 9.82. The minimum Gasteiger partial charge on any atom is -0.389 e. The van der Waals surface area contributed by atoms with E-state index in [0.29, 0.717) is 0 Å². The summed E-state index contributed by atoms with van der Waals surface area (Å²) in [5.74, 6) is 0. The molecule has 10 heavy (non-hydrogen) atoms. The monoisotopic (exact) mass is 207 g/mol. The molecular weight excluding hydrogens is 194 g/mol. The first kappa shape index (κ1) is 8.50. The number of halogens is 1. The fourth-order valence-corrected chi connectivity index (χ4v) is 2.21. The lowest BCUT2D eigenvalue weighted by Gasteiger charge is -2.35. The van der Waals surface area contributed by atoms with Crippen LogP contribution in [0.25, 0.3) is 0 Å². The highest BCUT2D eigenvalue weighted by molar-refractivity contribution is 9.08. The Hall–Kier alpha value is 0.400. The zero-order chi connectivity index (χ0) is 7.61. The van der Waals surface area contributed by atoms with Crippen molar-refractivity contribution in [3.05, 3.63) is 0 Å². The maximum Gasteiger partial charge on any atom is 0.0780 e. The number of nitrogens with one attached hydrogen (secondary N) is 1. The highest BCUT2D eigenvalue weighted by atomic mass is 79.9. The number of aliphatic hydroxyl groups is 1. The third-order valence-corrected chi connectivity index (χ3v) is 2.86. The molecule has 1 aliphatic rings. The number of hydrogen-bond donors (Lipinski definition) is 2. The Balaban J connectivity index is 2.51. The minimum atomic E-state index is -0.512. The molecule has 0 saturated heterocycles. The van der Waals surface area contributed by atoms with Gasteiger partial charge >= 0.3 is 0 Å². The molecule has 0 aliphatic heterocycles. The zero-order valence-electron chi connectivity index (χ0n) is 6.23. The molecule has 0 aromatic heterocycles. The molecule has 0 radical (unpaired) electrons. The summed E-state index contributed by atoms with van der Waals surface area (Å²) in [7, 11) is 0. The van der Waals surface area contributed by atoms with E-state index in [-0.39, 0.29) is 6.04 Å². The standard InChI is InChI=1S/C7H14BrNO/c1-7(10)5-3-2-4-6(7)9-8/h6,9-10H,2-5H2,1H3/t6-,7-/m0/s1. The Morgan fingerprint density at radius 2 is 2.30 bits per heavy atom. The second-order valence-electron chi connectivity index (χ2n) is 3.26. The molecule has 1 fully saturated rings. The van der Waals surface area contributed by atoms with Crippen molar-refractivity contribution in [2.24, 2.45) is 0 Å². The summed E-state index contributed by atoms with van der Waals surface area (Å²) in [4.78, 5) is 0. The van der Waals surface area contributed by atoms with Crippen molar-refractivity contribution in [3.63, 3.8) is 0 Å². The maximum absolute atomic E-state index is 9.74. The molecule has 2 atom stereocenters. The van der Waals surface area contributed by atoms with Gasteiger partial charge in [0.05, 0.1) is 5.60 Å². The molecule has 1 saturated carbocycles. The van der Waals surface area contributed by atoms with Gasteiger partial charge in [0.2, 0.25) is 0 Å². The Morgan fingerprint density at radius 1 is 1.60 bits per heavy atom. The van der Waals surface area contributed by atoms with Gasteiger partial charge in [-0.1, -0.05) is 12.8 Å². The van der Waals surface area contributed by atoms with Gasteiger partial charge in [-0.25, -0.2) is 4.34 Å². The van der Waals surface area contributed by atoms with E-state index < -0.39 is 5.60 Å². The lowest BCUT2D eigenvalue weighted by molar-refractivity contribution is -0.000572. The molecule has 0 heterocycles. The van der Waals surface area contributed by atoms with Crippen LogP contribution in [0.2, 0.25) is 0 Å². The van der Waals surface area contributed by atoms with Gasteiger partial charge in [-0.15, -0.1) is 0 Å². The Morgan fingerprint density at radius 3 is 2.70 bits per heavy atom. The van der Waals surface area contributed by atoms with Crippen molar-refractivity contribution < 1.29 is 5.11 Å². The largest absolute Gasteiger partial charge is 0.389 e. The van der Waals surface area contributed by atoms with Gasteiger partial charge in [0.1, 0.15) is 0 Å². The second kappa shape index (κ2) is 3.20. The van der Waals surface area contributed by atoms with Crippen LogP contribution < -0.4 is 4.34 Å². The lowest BCUT2D eigenvalue weighted by Crippen LogP contribution is -2.47. The van der Waals surface area contributed by atoms with Gasteiger partial charge in [-0.2, -0.15) is 0 Å². The fraction of sp³-hybridized carbons (Fsp3) is 1.00. The highest BCUT2D eigenvalue weighted by Gasteiger charge is 2.33. The maximum atomic E-state index is 9.74. The summed E-state index contributed by atoms with van der Waals surface area (Å²) in [6.07, 6.45) is 4.35. The van der Waals surface area contributed by atoms with Crippen LogP contribution in [0.5, 0.6) is 0 Å². The first-order valence-corrected chi connectivity index (χ1v) is 4.54. The Bertz CT molecular complexity index is 116. The van der Waals surface area contributed by atoms with Gasteiger partial charge in [0.15, 0.2) is 0 Å². The van der Waals surface area contributed by atoms with E-state index in [4.69, 9.17) is 0 Å². The predicted octanol–water partition coefficient (Wildman–Crippen LogP) is 1.58. The van der Waals surface area contributed by atoms with E-state index >= 15 is 0 Å². The van der Waals surface area contributed by atoms with Gasteiger partial charge in [0.25, 0.3) is 0 Å². The minimum absolute atomic E-state index is 0.223. The summed E-state index contributed by atoms with van der Waals surface area (Å²) < 4.78 is 2.96. The van der Waals surface area contributed by atoms with Gasteiger partial charge in [-0.3, -0.25) is 0 Å². The van der Waals surface area contributed by atoms with Crippen LogP contribution in [0.3, 0.4) is 0 Å². The summed E-state index contributed by atoms with van der Waals surface area (Å²) >= 11 is 3.18. The van der Waals surface area contributed by atoms with Gasteiger partial charge in [-0.05, 0) is 19.8 Å². The van der Waals surface area contributed by atoms with E-state index in [1.54, 1.807) is 0 Å². The average molecular weight is 208 g/mol. The summed E-state index contributed by atoms with van der Waals surface area (Å²) in [6.45, 7) is 1.89. The predicted molar refractivity (Wildman–Crippen MR) is 44.9 cm³/mol. The smallest absolute Gasteiger partial charge is 0.0780 e. The van der Waals surface area contributed by atoms with E-state index in [2.05, 4.69) is 20.5 Å². The van der Waals surface area contributed by atoms with Crippen LogP contribution in [0.15, 0.2) is 0 Å². The second-order valence-corrected chi connectivity index (χ2v) is 3.72. The van der Waals surface area contributed by atoms with Crippen LogP contribution in [-0.2, 0) is 0 Å². The normalized spacial score (nSPS) is 41.7. The molecule has 1 aliphatic carbocycles. The molecule has 2 nitrogen and oxygen atoms in total. The van der Waals surface area contributed by atoms with E-state index in [0.717, 1.165) is 19.3 Å². The van der Waals surface area contributed by atoms with Gasteiger partial charge in [0, 0.05) is 22.2 Å². The highest BCUT2D eigenvalue weighted by Crippen LogP contribution is 2.28. The molecule has 60 valence electrons. The first-order valence-electron chi connectivity index (χ1n) is 3.75.